The molecule has 2 amide bonds. The highest BCUT2D eigenvalue weighted by Crippen LogP contribution is 2.01. The van der Waals surface area contributed by atoms with Crippen LogP contribution in [0.1, 0.15) is 18.5 Å². The summed E-state index contributed by atoms with van der Waals surface area (Å²) in [6, 6.07) is -1.86. The number of rotatable bonds is 8. The number of carboxylic acids is 2. The van der Waals surface area contributed by atoms with Gasteiger partial charge in [0.25, 0.3) is 0 Å². The molecule has 9 heteroatoms. The Morgan fingerprint density at radius 1 is 1.35 bits per heavy atom. The molecular weight excluding hydrogens is 286 g/mol. The average molecular weight is 301 g/mol. The second-order valence-electron chi connectivity index (χ2n) is 3.95. The summed E-state index contributed by atoms with van der Waals surface area (Å²) < 4.78 is 0. The first-order chi connectivity index (χ1) is 9.49. The third kappa shape index (κ3) is 6.14. The first-order valence-corrected chi connectivity index (χ1v) is 6.79. The molecule has 1 aromatic rings. The predicted octanol–water partition coefficient (Wildman–Crippen LogP) is 0.303. The van der Waals surface area contributed by atoms with Gasteiger partial charge in [0.15, 0.2) is 0 Å². The number of amides is 2. The number of aromatic nitrogens is 1. The molecule has 0 fully saturated rings. The lowest BCUT2D eigenvalue weighted by molar-refractivity contribution is -0.140. The molecule has 0 saturated heterocycles. The summed E-state index contributed by atoms with van der Waals surface area (Å²) >= 11 is 1.45. The maximum absolute atomic E-state index is 11.5. The summed E-state index contributed by atoms with van der Waals surface area (Å²) in [4.78, 5) is 36.8. The number of carbonyl (C=O) groups excluding carboxylic acids is 1. The van der Waals surface area contributed by atoms with Crippen molar-refractivity contribution in [2.24, 2.45) is 0 Å². The first-order valence-electron chi connectivity index (χ1n) is 5.85. The minimum atomic E-state index is -1.26. The van der Waals surface area contributed by atoms with Gasteiger partial charge >= 0.3 is 18.0 Å². The number of nitrogens with zero attached hydrogens (tertiary/aromatic N) is 1. The summed E-state index contributed by atoms with van der Waals surface area (Å²) in [7, 11) is 0. The van der Waals surface area contributed by atoms with Crippen LogP contribution in [0.25, 0.3) is 0 Å². The molecule has 1 aromatic heterocycles. The van der Waals surface area contributed by atoms with Crippen LogP contribution < -0.4 is 10.6 Å². The summed E-state index contributed by atoms with van der Waals surface area (Å²) in [5.41, 5.74) is 2.53. The van der Waals surface area contributed by atoms with Crippen LogP contribution in [-0.2, 0) is 16.0 Å². The van der Waals surface area contributed by atoms with Crippen molar-refractivity contribution >= 4 is 29.3 Å². The Labute approximate surface area is 118 Å². The zero-order valence-electron chi connectivity index (χ0n) is 10.5. The third-order valence-corrected chi connectivity index (χ3v) is 3.04. The molecule has 1 rings (SSSR count). The molecule has 110 valence electrons. The summed E-state index contributed by atoms with van der Waals surface area (Å²) in [5, 5.41) is 23.9. The predicted molar refractivity (Wildman–Crippen MR) is 70.6 cm³/mol. The maximum atomic E-state index is 11.5. The molecule has 0 aliphatic rings. The van der Waals surface area contributed by atoms with E-state index in [9.17, 15) is 14.4 Å². The van der Waals surface area contributed by atoms with Gasteiger partial charge in [0.2, 0.25) is 0 Å². The van der Waals surface area contributed by atoms with Crippen molar-refractivity contribution < 1.29 is 24.6 Å². The van der Waals surface area contributed by atoms with Gasteiger partial charge in [-0.05, 0) is 6.42 Å². The number of nitrogens with one attached hydrogen (secondary N) is 2. The molecular formula is C11H15N3O5S. The zero-order chi connectivity index (χ0) is 15.0. The highest BCUT2D eigenvalue weighted by Gasteiger charge is 2.20. The quantitative estimate of drug-likeness (QED) is 0.546. The van der Waals surface area contributed by atoms with E-state index < -0.39 is 24.0 Å². The van der Waals surface area contributed by atoms with Gasteiger partial charge in [0.05, 0.1) is 11.2 Å². The second kappa shape index (κ2) is 8.10. The first kappa shape index (κ1) is 15.9. The zero-order valence-corrected chi connectivity index (χ0v) is 11.4. The van der Waals surface area contributed by atoms with Crippen molar-refractivity contribution in [1.82, 2.24) is 15.6 Å². The van der Waals surface area contributed by atoms with Gasteiger partial charge in [-0.1, -0.05) is 0 Å². The van der Waals surface area contributed by atoms with Crippen molar-refractivity contribution in [2.45, 2.75) is 25.3 Å². The molecule has 0 aromatic carbocycles. The SMILES string of the molecule is O=C(O)CCC(NC(=O)NCCc1cscn1)C(=O)O. The fraction of sp³-hybridized carbons (Fsp3) is 0.455. The summed E-state index contributed by atoms with van der Waals surface area (Å²) in [5.74, 6) is -2.37. The van der Waals surface area contributed by atoms with E-state index >= 15 is 0 Å². The fourth-order valence-corrected chi connectivity index (χ4v) is 1.99. The number of carboxylic acid groups (broad SMARTS) is 2. The molecule has 1 atom stereocenters. The molecule has 4 N–H and O–H groups in total. The van der Waals surface area contributed by atoms with Crippen LogP contribution in [0, 0.1) is 0 Å². The summed E-state index contributed by atoms with van der Waals surface area (Å²) in [6.07, 6.45) is 0.0596. The monoisotopic (exact) mass is 301 g/mol. The van der Waals surface area contributed by atoms with Gasteiger partial charge in [0, 0.05) is 24.8 Å². The van der Waals surface area contributed by atoms with E-state index in [2.05, 4.69) is 15.6 Å². The highest BCUT2D eigenvalue weighted by atomic mass is 32.1. The molecule has 8 nitrogen and oxygen atoms in total. The van der Waals surface area contributed by atoms with Crippen molar-refractivity contribution in [3.8, 4) is 0 Å². The molecule has 1 heterocycles. The van der Waals surface area contributed by atoms with Crippen LogP contribution in [0.4, 0.5) is 4.79 Å². The number of hydrogen-bond donors (Lipinski definition) is 4. The van der Waals surface area contributed by atoms with E-state index in [0.717, 1.165) is 5.69 Å². The van der Waals surface area contributed by atoms with Gasteiger partial charge in [-0.2, -0.15) is 0 Å². The van der Waals surface area contributed by atoms with Gasteiger partial charge in [0.1, 0.15) is 6.04 Å². The van der Waals surface area contributed by atoms with Gasteiger partial charge in [-0.15, -0.1) is 11.3 Å². The van der Waals surface area contributed by atoms with E-state index in [1.54, 1.807) is 5.51 Å². The molecule has 0 radical (unpaired) electrons. The number of carbonyl (C=O) groups is 3. The summed E-state index contributed by atoms with van der Waals surface area (Å²) in [6.45, 7) is 0.320. The van der Waals surface area contributed by atoms with Crippen molar-refractivity contribution in [1.29, 1.82) is 0 Å². The van der Waals surface area contributed by atoms with Crippen molar-refractivity contribution in [3.63, 3.8) is 0 Å². The molecule has 0 aliphatic heterocycles. The van der Waals surface area contributed by atoms with Crippen LogP contribution in [0.2, 0.25) is 0 Å². The standard InChI is InChI=1S/C11H15N3O5S/c15-9(16)2-1-8(10(17)18)14-11(19)12-4-3-7-5-20-6-13-7/h5-6,8H,1-4H2,(H,15,16)(H,17,18)(H2,12,14,19). The van der Waals surface area contributed by atoms with E-state index in [1.165, 1.54) is 11.3 Å². The van der Waals surface area contributed by atoms with Crippen molar-refractivity contribution in [2.75, 3.05) is 6.54 Å². The molecule has 1 unspecified atom stereocenters. The second-order valence-corrected chi connectivity index (χ2v) is 4.67. The largest absolute Gasteiger partial charge is 0.481 e. The third-order valence-electron chi connectivity index (χ3n) is 2.40. The smallest absolute Gasteiger partial charge is 0.326 e. The molecule has 0 aliphatic carbocycles. The van der Waals surface area contributed by atoms with E-state index in [4.69, 9.17) is 10.2 Å². The van der Waals surface area contributed by atoms with Crippen LogP contribution in [-0.4, -0.2) is 45.8 Å². The van der Waals surface area contributed by atoms with Gasteiger partial charge in [-0.3, -0.25) is 4.79 Å². The lowest BCUT2D eigenvalue weighted by atomic mass is 10.1. The minimum absolute atomic E-state index is 0.163. The Hall–Kier alpha value is -2.16. The number of hydrogen-bond acceptors (Lipinski definition) is 5. The van der Waals surface area contributed by atoms with Gasteiger partial charge < -0.3 is 20.8 Å². The highest BCUT2D eigenvalue weighted by molar-refractivity contribution is 7.07. The molecule has 0 spiro atoms. The Morgan fingerprint density at radius 2 is 2.10 bits per heavy atom. The van der Waals surface area contributed by atoms with E-state index in [0.29, 0.717) is 13.0 Å². The van der Waals surface area contributed by atoms with Crippen LogP contribution in [0.3, 0.4) is 0 Å². The maximum Gasteiger partial charge on any atom is 0.326 e. The molecule has 0 saturated carbocycles. The van der Waals surface area contributed by atoms with E-state index in [-0.39, 0.29) is 12.8 Å². The Bertz CT molecular complexity index is 463. The minimum Gasteiger partial charge on any atom is -0.481 e. The van der Waals surface area contributed by atoms with E-state index in [1.807, 2.05) is 5.38 Å². The average Bonchev–Trinajstić information content (AvgIpc) is 2.87. The van der Waals surface area contributed by atoms with Crippen molar-refractivity contribution in [3.05, 3.63) is 16.6 Å². The van der Waals surface area contributed by atoms with Crippen LogP contribution in [0.5, 0.6) is 0 Å². The Kier molecular flexibility index (Phi) is 6.44. The van der Waals surface area contributed by atoms with Crippen LogP contribution >= 0.6 is 11.3 Å². The molecule has 20 heavy (non-hydrogen) atoms. The lowest BCUT2D eigenvalue weighted by Gasteiger charge is -2.14. The Balaban J connectivity index is 2.30. The Morgan fingerprint density at radius 3 is 2.65 bits per heavy atom. The fourth-order valence-electron chi connectivity index (χ4n) is 1.40. The number of aliphatic carboxylic acids is 2. The number of urea groups is 1. The topological polar surface area (TPSA) is 129 Å². The normalized spacial score (nSPS) is 11.6. The van der Waals surface area contributed by atoms with Gasteiger partial charge in [-0.25, -0.2) is 14.6 Å². The van der Waals surface area contributed by atoms with Crippen LogP contribution in [0.15, 0.2) is 10.9 Å². The lowest BCUT2D eigenvalue weighted by Crippen LogP contribution is -2.46. The number of thiazole rings is 1. The molecule has 0 bridgehead atoms.